The predicted molar refractivity (Wildman–Crippen MR) is 105 cm³/mol. The predicted octanol–water partition coefficient (Wildman–Crippen LogP) is 5.07. The minimum atomic E-state index is 0.446. The lowest BCUT2D eigenvalue weighted by atomic mass is 10.1. The summed E-state index contributed by atoms with van der Waals surface area (Å²) >= 11 is 6.07. The van der Waals surface area contributed by atoms with E-state index < -0.39 is 0 Å². The summed E-state index contributed by atoms with van der Waals surface area (Å²) in [4.78, 5) is 8.49. The number of nitrogens with zero attached hydrogens (tertiary/aromatic N) is 2. The van der Waals surface area contributed by atoms with Crippen molar-refractivity contribution in [2.75, 3.05) is 16.4 Å². The van der Waals surface area contributed by atoms with E-state index in [1.807, 2.05) is 37.3 Å². The summed E-state index contributed by atoms with van der Waals surface area (Å²) in [5.41, 5.74) is 10.8. The first-order valence-corrected chi connectivity index (χ1v) is 8.44. The van der Waals surface area contributed by atoms with Crippen molar-refractivity contribution in [1.29, 1.82) is 0 Å². The van der Waals surface area contributed by atoms with Crippen LogP contribution >= 0.6 is 11.6 Å². The Morgan fingerprint density at radius 1 is 1.00 bits per heavy atom. The number of halogens is 1. The van der Waals surface area contributed by atoms with Crippen molar-refractivity contribution in [1.82, 2.24) is 9.97 Å². The molecule has 128 valence electrons. The van der Waals surface area contributed by atoms with Crippen LogP contribution in [-0.2, 0) is 6.42 Å². The lowest BCUT2D eigenvalue weighted by Crippen LogP contribution is -2.05. The fourth-order valence-corrected chi connectivity index (χ4v) is 2.58. The van der Waals surface area contributed by atoms with Gasteiger partial charge in [0.15, 0.2) is 11.6 Å². The minimum absolute atomic E-state index is 0.446. The van der Waals surface area contributed by atoms with Crippen LogP contribution in [0.3, 0.4) is 0 Å². The maximum atomic E-state index is 6.24. The van der Waals surface area contributed by atoms with Gasteiger partial charge in [-0.2, -0.15) is 0 Å². The Balaban J connectivity index is 1.85. The molecule has 0 radical (unpaired) electrons. The molecule has 0 unspecified atom stereocenters. The van der Waals surface area contributed by atoms with Crippen LogP contribution in [0, 0.1) is 6.92 Å². The molecule has 1 aromatic heterocycles. The highest BCUT2D eigenvalue weighted by Gasteiger charge is 2.10. The van der Waals surface area contributed by atoms with E-state index in [1.54, 1.807) is 0 Å². The summed E-state index contributed by atoms with van der Waals surface area (Å²) in [7, 11) is 0. The highest BCUT2D eigenvalue weighted by molar-refractivity contribution is 6.30. The summed E-state index contributed by atoms with van der Waals surface area (Å²) < 4.78 is 0. The molecule has 5 nitrogen and oxygen atoms in total. The topological polar surface area (TPSA) is 75.9 Å². The molecule has 6 heteroatoms. The van der Waals surface area contributed by atoms with Crippen LogP contribution in [0.1, 0.15) is 18.1 Å². The molecule has 0 atom stereocenters. The van der Waals surface area contributed by atoms with Crippen molar-refractivity contribution in [3.8, 4) is 0 Å². The molecule has 2 aromatic carbocycles. The minimum Gasteiger partial charge on any atom is -0.393 e. The average molecular weight is 354 g/mol. The fraction of sp³-hybridized carbons (Fsp3) is 0.158. The van der Waals surface area contributed by atoms with Crippen LogP contribution in [0.4, 0.5) is 28.7 Å². The van der Waals surface area contributed by atoms with E-state index in [4.69, 9.17) is 17.3 Å². The maximum Gasteiger partial charge on any atom is 0.159 e. The molecule has 0 aliphatic rings. The summed E-state index contributed by atoms with van der Waals surface area (Å²) in [6.07, 6.45) is 2.48. The zero-order valence-corrected chi connectivity index (χ0v) is 14.9. The number of nitrogens with two attached hydrogens (primary N) is 1. The zero-order valence-electron chi connectivity index (χ0n) is 14.2. The number of benzene rings is 2. The highest BCUT2D eigenvalue weighted by atomic mass is 35.5. The van der Waals surface area contributed by atoms with Crippen molar-refractivity contribution < 1.29 is 0 Å². The number of aryl methyl sites for hydroxylation is 2. The van der Waals surface area contributed by atoms with Gasteiger partial charge in [-0.25, -0.2) is 9.97 Å². The molecule has 0 saturated heterocycles. The van der Waals surface area contributed by atoms with Crippen LogP contribution in [0.15, 0.2) is 48.8 Å². The molecule has 4 N–H and O–H groups in total. The van der Waals surface area contributed by atoms with Crippen LogP contribution < -0.4 is 16.4 Å². The average Bonchev–Trinajstić information content (AvgIpc) is 2.62. The second-order valence-corrected chi connectivity index (χ2v) is 6.18. The molecule has 0 aliphatic carbocycles. The molecule has 0 aliphatic heterocycles. The summed E-state index contributed by atoms with van der Waals surface area (Å²) in [5.74, 6) is 1.09. The van der Waals surface area contributed by atoms with Gasteiger partial charge in [0, 0.05) is 16.4 Å². The molecule has 0 fully saturated rings. The van der Waals surface area contributed by atoms with Gasteiger partial charge in [0.25, 0.3) is 0 Å². The summed E-state index contributed by atoms with van der Waals surface area (Å²) in [6, 6.07) is 13.8. The fourth-order valence-electron chi connectivity index (χ4n) is 2.41. The SMILES string of the molecule is CCc1ccc(Nc2ncnc(Nc3cc(Cl)ccc3C)c2N)cc1. The second-order valence-electron chi connectivity index (χ2n) is 5.74. The van der Waals surface area contributed by atoms with E-state index in [9.17, 15) is 0 Å². The Morgan fingerprint density at radius 2 is 1.68 bits per heavy atom. The van der Waals surface area contributed by atoms with E-state index in [0.717, 1.165) is 23.4 Å². The highest BCUT2D eigenvalue weighted by Crippen LogP contribution is 2.30. The lowest BCUT2D eigenvalue weighted by Gasteiger charge is -2.14. The van der Waals surface area contributed by atoms with Gasteiger partial charge in [0.2, 0.25) is 0 Å². The first kappa shape index (κ1) is 17.0. The molecule has 0 amide bonds. The third-order valence-corrected chi connectivity index (χ3v) is 4.20. The molecule has 0 bridgehead atoms. The number of aromatic nitrogens is 2. The van der Waals surface area contributed by atoms with Crippen LogP contribution in [0.25, 0.3) is 0 Å². The quantitative estimate of drug-likeness (QED) is 0.597. The number of nitrogen functional groups attached to an aromatic ring is 1. The van der Waals surface area contributed by atoms with Crippen molar-refractivity contribution in [2.45, 2.75) is 20.3 Å². The van der Waals surface area contributed by atoms with E-state index in [0.29, 0.717) is 22.3 Å². The van der Waals surface area contributed by atoms with Gasteiger partial charge in [0.1, 0.15) is 12.0 Å². The molecular weight excluding hydrogens is 334 g/mol. The number of rotatable bonds is 5. The summed E-state index contributed by atoms with van der Waals surface area (Å²) in [5, 5.41) is 7.11. The number of hydrogen-bond donors (Lipinski definition) is 3. The second kappa shape index (κ2) is 7.40. The van der Waals surface area contributed by atoms with Gasteiger partial charge in [-0.05, 0) is 48.7 Å². The molecule has 3 rings (SSSR count). The largest absolute Gasteiger partial charge is 0.393 e. The smallest absolute Gasteiger partial charge is 0.159 e. The van der Waals surface area contributed by atoms with Crippen LogP contribution in [0.2, 0.25) is 5.02 Å². The Labute approximate surface area is 152 Å². The van der Waals surface area contributed by atoms with Crippen LogP contribution in [-0.4, -0.2) is 9.97 Å². The summed E-state index contributed by atoms with van der Waals surface area (Å²) in [6.45, 7) is 4.12. The van der Waals surface area contributed by atoms with Crippen LogP contribution in [0.5, 0.6) is 0 Å². The number of anilines is 5. The number of nitrogens with one attached hydrogen (secondary N) is 2. The normalized spacial score (nSPS) is 10.5. The molecule has 0 spiro atoms. The van der Waals surface area contributed by atoms with Crippen molar-refractivity contribution in [3.05, 3.63) is 64.9 Å². The van der Waals surface area contributed by atoms with Crippen molar-refractivity contribution >= 4 is 40.3 Å². The van der Waals surface area contributed by atoms with Crippen molar-refractivity contribution in [2.24, 2.45) is 0 Å². The Kier molecular flexibility index (Phi) is 5.05. The molecule has 0 saturated carbocycles. The maximum absolute atomic E-state index is 6.24. The Hall–Kier alpha value is -2.79. The van der Waals surface area contributed by atoms with E-state index in [2.05, 4.69) is 39.7 Å². The first-order valence-electron chi connectivity index (χ1n) is 8.06. The Morgan fingerprint density at radius 3 is 2.36 bits per heavy atom. The van der Waals surface area contributed by atoms with E-state index in [-0.39, 0.29) is 0 Å². The first-order chi connectivity index (χ1) is 12.1. The third-order valence-electron chi connectivity index (χ3n) is 3.96. The van der Waals surface area contributed by atoms with Gasteiger partial charge < -0.3 is 16.4 Å². The number of hydrogen-bond acceptors (Lipinski definition) is 5. The van der Waals surface area contributed by atoms with E-state index >= 15 is 0 Å². The molecule has 3 aromatic rings. The van der Waals surface area contributed by atoms with Crippen molar-refractivity contribution in [3.63, 3.8) is 0 Å². The monoisotopic (exact) mass is 353 g/mol. The van der Waals surface area contributed by atoms with Gasteiger partial charge in [-0.1, -0.05) is 36.7 Å². The van der Waals surface area contributed by atoms with Gasteiger partial charge in [-0.3, -0.25) is 0 Å². The van der Waals surface area contributed by atoms with Gasteiger partial charge in [0.05, 0.1) is 0 Å². The lowest BCUT2D eigenvalue weighted by molar-refractivity contribution is 1.14. The van der Waals surface area contributed by atoms with Gasteiger partial charge >= 0.3 is 0 Å². The molecule has 25 heavy (non-hydrogen) atoms. The van der Waals surface area contributed by atoms with E-state index in [1.165, 1.54) is 11.9 Å². The third kappa shape index (κ3) is 4.00. The molecule has 1 heterocycles. The zero-order chi connectivity index (χ0) is 17.8. The molecular formula is C19H20ClN5. The van der Waals surface area contributed by atoms with Gasteiger partial charge in [-0.15, -0.1) is 0 Å². The Bertz CT molecular complexity index is 877. The standard InChI is InChI=1S/C19H20ClN5/c1-3-13-5-8-15(9-6-13)24-18-17(21)19(23-11-22-18)25-16-10-14(20)7-4-12(16)2/h4-11H,3,21H2,1-2H3,(H2,22,23,24,25).